The molecule has 1 aromatic rings. The molecule has 0 aliphatic rings. The van der Waals surface area contributed by atoms with Gasteiger partial charge >= 0.3 is 0 Å². The second-order valence-electron chi connectivity index (χ2n) is 1.43. The molecular formula is C6H6FNS. The first-order chi connectivity index (χ1) is 3.93. The van der Waals surface area contributed by atoms with Crippen LogP contribution in [0.15, 0.2) is 34.7 Å². The quantitative estimate of drug-likeness (QED) is 0.587. The van der Waals surface area contributed by atoms with Gasteiger partial charge in [0.15, 0.2) is 0 Å². The Hall–Kier alpha value is -0.830. The van der Waals surface area contributed by atoms with Crippen LogP contribution in [-0.4, -0.2) is 0 Å². The van der Waals surface area contributed by atoms with E-state index < -0.39 is 0 Å². The Kier molecular flexibility index (Phi) is 3.71. The zero-order valence-electron chi connectivity index (χ0n) is 4.65. The first kappa shape index (κ1) is 8.17. The summed E-state index contributed by atoms with van der Waals surface area (Å²) in [5.74, 6) is 0. The van der Waals surface area contributed by atoms with Crippen molar-refractivity contribution >= 4 is 18.1 Å². The van der Waals surface area contributed by atoms with Crippen molar-refractivity contribution in [1.29, 1.82) is 0 Å². The molecule has 0 saturated carbocycles. The van der Waals surface area contributed by atoms with Gasteiger partial charge < -0.3 is 0 Å². The van der Waals surface area contributed by atoms with Gasteiger partial charge in [0.1, 0.15) is 0 Å². The van der Waals surface area contributed by atoms with E-state index in [0.29, 0.717) is 0 Å². The molecule has 0 heterocycles. The molecule has 0 radical (unpaired) electrons. The number of benzene rings is 1. The molecule has 0 unspecified atom stereocenters. The molecule has 0 aromatic heterocycles. The SMILES string of the molecule is F.S=Nc1ccccc1. The fourth-order valence-corrected chi connectivity index (χ4v) is 0.611. The summed E-state index contributed by atoms with van der Waals surface area (Å²) in [7, 11) is 0. The molecule has 0 fully saturated rings. The lowest BCUT2D eigenvalue weighted by atomic mass is 10.3. The largest absolute Gasteiger partial charge is 0.269 e. The Labute approximate surface area is 58.3 Å². The predicted octanol–water partition coefficient (Wildman–Crippen LogP) is 2.20. The highest BCUT2D eigenvalue weighted by molar-refractivity contribution is 7.47. The summed E-state index contributed by atoms with van der Waals surface area (Å²) in [6.07, 6.45) is 0. The van der Waals surface area contributed by atoms with Crippen molar-refractivity contribution in [2.75, 3.05) is 0 Å². The Morgan fingerprint density at radius 3 is 2.00 bits per heavy atom. The summed E-state index contributed by atoms with van der Waals surface area (Å²) in [6.45, 7) is 0. The lowest BCUT2D eigenvalue weighted by Crippen LogP contribution is -1.56. The van der Waals surface area contributed by atoms with Crippen LogP contribution in [-0.2, 0) is 12.4 Å². The minimum absolute atomic E-state index is 0. The van der Waals surface area contributed by atoms with Crippen molar-refractivity contribution in [3.63, 3.8) is 0 Å². The van der Waals surface area contributed by atoms with Gasteiger partial charge in [-0.05, 0) is 12.1 Å². The average Bonchev–Trinajstić information content (AvgIpc) is 1.90. The van der Waals surface area contributed by atoms with Crippen molar-refractivity contribution < 1.29 is 4.70 Å². The van der Waals surface area contributed by atoms with Crippen LogP contribution in [0, 0.1) is 0 Å². The number of hydrogen-bond acceptors (Lipinski definition) is 2. The van der Waals surface area contributed by atoms with Crippen LogP contribution in [0.3, 0.4) is 0 Å². The van der Waals surface area contributed by atoms with E-state index in [1.165, 1.54) is 0 Å². The Morgan fingerprint density at radius 1 is 1.11 bits per heavy atom. The zero-order valence-corrected chi connectivity index (χ0v) is 5.47. The molecule has 3 heteroatoms. The molecular weight excluding hydrogens is 137 g/mol. The lowest BCUT2D eigenvalue weighted by Gasteiger charge is -1.83. The minimum atomic E-state index is 0. The summed E-state index contributed by atoms with van der Waals surface area (Å²) in [4.78, 5) is 0. The summed E-state index contributed by atoms with van der Waals surface area (Å²) in [6, 6.07) is 9.49. The third kappa shape index (κ3) is 2.28. The molecule has 48 valence electrons. The molecule has 9 heavy (non-hydrogen) atoms. The summed E-state index contributed by atoms with van der Waals surface area (Å²) in [5.41, 5.74) is 0.850. The van der Waals surface area contributed by atoms with Crippen molar-refractivity contribution in [2.45, 2.75) is 0 Å². The van der Waals surface area contributed by atoms with Crippen molar-refractivity contribution in [2.24, 2.45) is 4.36 Å². The highest BCUT2D eigenvalue weighted by Crippen LogP contribution is 2.07. The van der Waals surface area contributed by atoms with Gasteiger partial charge in [-0.3, -0.25) is 4.70 Å². The van der Waals surface area contributed by atoms with Crippen LogP contribution in [0.5, 0.6) is 0 Å². The van der Waals surface area contributed by atoms with Gasteiger partial charge in [0.05, 0.1) is 5.69 Å². The maximum atomic E-state index is 4.44. The maximum absolute atomic E-state index is 4.44. The molecule has 0 saturated heterocycles. The van der Waals surface area contributed by atoms with E-state index in [4.69, 9.17) is 0 Å². The molecule has 0 spiro atoms. The molecule has 0 bridgehead atoms. The van der Waals surface area contributed by atoms with Gasteiger partial charge in [-0.2, -0.15) is 4.36 Å². The van der Waals surface area contributed by atoms with Gasteiger partial charge in [-0.1, -0.05) is 18.2 Å². The second-order valence-corrected chi connectivity index (χ2v) is 1.61. The number of nitrogens with zero attached hydrogens (tertiary/aromatic N) is 1. The predicted molar refractivity (Wildman–Crippen MR) is 38.4 cm³/mol. The van der Waals surface area contributed by atoms with E-state index in [2.05, 4.69) is 16.8 Å². The van der Waals surface area contributed by atoms with Gasteiger partial charge in [0.25, 0.3) is 0 Å². The first-order valence-corrected chi connectivity index (χ1v) is 2.68. The smallest absolute Gasteiger partial charge is 0.0769 e. The molecule has 0 N–H and O–H groups in total. The molecule has 0 amide bonds. The van der Waals surface area contributed by atoms with E-state index >= 15 is 0 Å². The normalized spacial score (nSPS) is 7.56. The average molecular weight is 143 g/mol. The maximum Gasteiger partial charge on any atom is 0.0769 e. The van der Waals surface area contributed by atoms with Crippen LogP contribution in [0.1, 0.15) is 0 Å². The van der Waals surface area contributed by atoms with Gasteiger partial charge in [-0.15, -0.1) is 0 Å². The summed E-state index contributed by atoms with van der Waals surface area (Å²) >= 11 is 4.44. The van der Waals surface area contributed by atoms with Gasteiger partial charge in [0.2, 0.25) is 0 Å². The monoisotopic (exact) mass is 143 g/mol. The van der Waals surface area contributed by atoms with Crippen molar-refractivity contribution in [1.82, 2.24) is 0 Å². The van der Waals surface area contributed by atoms with E-state index in [9.17, 15) is 0 Å². The van der Waals surface area contributed by atoms with E-state index in [-0.39, 0.29) is 4.70 Å². The third-order valence-electron chi connectivity index (χ3n) is 0.862. The minimum Gasteiger partial charge on any atom is -0.269 e. The zero-order chi connectivity index (χ0) is 5.82. The fraction of sp³-hybridized carbons (Fsp3) is 0. The second kappa shape index (κ2) is 4.09. The molecule has 1 rings (SSSR count). The molecule has 0 atom stereocenters. The van der Waals surface area contributed by atoms with Crippen LogP contribution in [0.4, 0.5) is 10.4 Å². The first-order valence-electron chi connectivity index (χ1n) is 2.32. The van der Waals surface area contributed by atoms with E-state index in [1.807, 2.05) is 30.3 Å². The van der Waals surface area contributed by atoms with Crippen LogP contribution < -0.4 is 0 Å². The highest BCUT2D eigenvalue weighted by atomic mass is 32.1. The van der Waals surface area contributed by atoms with Crippen molar-refractivity contribution in [3.05, 3.63) is 30.3 Å². The fourth-order valence-electron chi connectivity index (χ4n) is 0.489. The molecule has 1 nitrogen and oxygen atoms in total. The number of hydrogen-bond donors (Lipinski definition) is 0. The topological polar surface area (TPSA) is 12.4 Å². The molecule has 1 aromatic carbocycles. The molecule has 0 aliphatic heterocycles. The highest BCUT2D eigenvalue weighted by Gasteiger charge is 1.78. The lowest BCUT2D eigenvalue weighted by molar-refractivity contribution is 1.11. The van der Waals surface area contributed by atoms with Crippen LogP contribution in [0.25, 0.3) is 0 Å². The number of halogens is 1. The van der Waals surface area contributed by atoms with E-state index in [0.717, 1.165) is 5.69 Å². The summed E-state index contributed by atoms with van der Waals surface area (Å²) in [5, 5.41) is 0. The Morgan fingerprint density at radius 2 is 1.67 bits per heavy atom. The third-order valence-corrected chi connectivity index (χ3v) is 1.07. The Bertz CT molecular complexity index is 176. The Balaban J connectivity index is 0.000000640. The van der Waals surface area contributed by atoms with E-state index in [1.54, 1.807) is 0 Å². The molecule has 0 aliphatic carbocycles. The van der Waals surface area contributed by atoms with Crippen LogP contribution >= 0.6 is 0 Å². The standard InChI is InChI=1S/C6H5NS.FH/c8-7-6-4-2-1-3-5-6;/h1-5H;1H. The van der Waals surface area contributed by atoms with Gasteiger partial charge in [-0.25, -0.2) is 0 Å². The number of rotatable bonds is 1. The van der Waals surface area contributed by atoms with Crippen LogP contribution in [0.2, 0.25) is 0 Å². The van der Waals surface area contributed by atoms with Gasteiger partial charge in [0, 0.05) is 12.4 Å². The summed E-state index contributed by atoms with van der Waals surface area (Å²) < 4.78 is 3.55. The van der Waals surface area contributed by atoms with Crippen molar-refractivity contribution in [3.8, 4) is 0 Å².